The number of fused-ring (bicyclic) bond motifs is 1. The predicted octanol–water partition coefficient (Wildman–Crippen LogP) is 3.07. The van der Waals surface area contributed by atoms with Crippen molar-refractivity contribution in [3.63, 3.8) is 0 Å². The van der Waals surface area contributed by atoms with Gasteiger partial charge in [0.05, 0.1) is 23.8 Å². The van der Waals surface area contributed by atoms with Gasteiger partial charge in [-0.15, -0.1) is 0 Å². The van der Waals surface area contributed by atoms with Gasteiger partial charge in [-0.3, -0.25) is 4.79 Å². The highest BCUT2D eigenvalue weighted by Crippen LogP contribution is 2.36. The van der Waals surface area contributed by atoms with Gasteiger partial charge in [0.15, 0.2) is 0 Å². The summed E-state index contributed by atoms with van der Waals surface area (Å²) in [5.74, 6) is 0.424. The van der Waals surface area contributed by atoms with Gasteiger partial charge in [-0.2, -0.15) is 11.3 Å². The fraction of sp³-hybridized carbons (Fsp3) is 0.333. The lowest BCUT2D eigenvalue weighted by Gasteiger charge is -2.33. The molecule has 0 bridgehead atoms. The Labute approximate surface area is 122 Å². The van der Waals surface area contributed by atoms with Gasteiger partial charge in [-0.05, 0) is 42.0 Å². The van der Waals surface area contributed by atoms with Crippen LogP contribution in [0.25, 0.3) is 0 Å². The molecule has 0 radical (unpaired) electrons. The Bertz CT molecular complexity index is 651. The first kappa shape index (κ1) is 13.1. The molecule has 3 heterocycles. The van der Waals surface area contributed by atoms with Crippen molar-refractivity contribution < 1.29 is 4.79 Å². The minimum absolute atomic E-state index is 0.121. The van der Waals surface area contributed by atoms with Crippen LogP contribution in [0, 0.1) is 6.92 Å². The molecule has 1 aliphatic rings. The van der Waals surface area contributed by atoms with E-state index in [0.717, 1.165) is 28.9 Å². The monoisotopic (exact) mass is 287 g/mol. The smallest absolute Gasteiger partial charge is 0.236 e. The molecule has 5 heteroatoms. The van der Waals surface area contributed by atoms with Gasteiger partial charge in [0.25, 0.3) is 0 Å². The molecule has 0 saturated heterocycles. The molecule has 0 spiro atoms. The van der Waals surface area contributed by atoms with Crippen LogP contribution < -0.4 is 10.6 Å². The van der Waals surface area contributed by atoms with E-state index in [-0.39, 0.29) is 11.8 Å². The number of thiophene rings is 1. The van der Waals surface area contributed by atoms with Gasteiger partial charge in [0, 0.05) is 5.38 Å². The van der Waals surface area contributed by atoms with Crippen LogP contribution in [0.1, 0.15) is 36.1 Å². The Balaban J connectivity index is 2.12. The van der Waals surface area contributed by atoms with Crippen LogP contribution in [0.3, 0.4) is 0 Å². The molecule has 104 valence electrons. The van der Waals surface area contributed by atoms with Crippen molar-refractivity contribution in [2.45, 2.75) is 32.7 Å². The van der Waals surface area contributed by atoms with Crippen LogP contribution in [-0.2, 0) is 11.3 Å². The third-order valence-corrected chi connectivity index (χ3v) is 4.51. The van der Waals surface area contributed by atoms with Gasteiger partial charge in [-0.25, -0.2) is 4.98 Å². The summed E-state index contributed by atoms with van der Waals surface area (Å²) in [7, 11) is 0. The number of hydrogen-bond donors (Lipinski definition) is 1. The molecular weight excluding hydrogens is 270 g/mol. The highest BCUT2D eigenvalue weighted by molar-refractivity contribution is 7.08. The number of anilines is 2. The van der Waals surface area contributed by atoms with E-state index in [1.54, 1.807) is 11.3 Å². The van der Waals surface area contributed by atoms with Crippen LogP contribution in [0.2, 0.25) is 0 Å². The lowest BCUT2D eigenvalue weighted by atomic mass is 9.89. The number of carbonyl (C=O) groups excluding carboxylic acids is 1. The SMILES string of the molecule is CCC1C(=O)N(c2ccsc2)Cc2c(C)cc(N)nc21. The first-order chi connectivity index (χ1) is 9.61. The van der Waals surface area contributed by atoms with E-state index < -0.39 is 0 Å². The average Bonchev–Trinajstić information content (AvgIpc) is 2.92. The normalized spacial score (nSPS) is 18.2. The van der Waals surface area contributed by atoms with Crippen molar-refractivity contribution >= 4 is 28.7 Å². The molecule has 20 heavy (non-hydrogen) atoms. The molecule has 0 aliphatic carbocycles. The minimum Gasteiger partial charge on any atom is -0.384 e. The van der Waals surface area contributed by atoms with Crippen LogP contribution in [0.5, 0.6) is 0 Å². The largest absolute Gasteiger partial charge is 0.384 e. The van der Waals surface area contributed by atoms with Crippen molar-refractivity contribution in [1.82, 2.24) is 4.98 Å². The van der Waals surface area contributed by atoms with Crippen LogP contribution >= 0.6 is 11.3 Å². The Morgan fingerprint density at radius 3 is 3.00 bits per heavy atom. The molecule has 4 nitrogen and oxygen atoms in total. The first-order valence-corrected chi connectivity index (χ1v) is 7.65. The lowest BCUT2D eigenvalue weighted by Crippen LogP contribution is -2.40. The first-order valence-electron chi connectivity index (χ1n) is 6.71. The van der Waals surface area contributed by atoms with Gasteiger partial charge >= 0.3 is 0 Å². The zero-order valence-electron chi connectivity index (χ0n) is 11.6. The fourth-order valence-electron chi connectivity index (χ4n) is 2.78. The summed E-state index contributed by atoms with van der Waals surface area (Å²) >= 11 is 1.60. The molecule has 2 aromatic rings. The predicted molar refractivity (Wildman–Crippen MR) is 81.9 cm³/mol. The number of carbonyl (C=O) groups is 1. The second kappa shape index (κ2) is 4.90. The maximum absolute atomic E-state index is 12.7. The summed E-state index contributed by atoms with van der Waals surface area (Å²) in [6, 6.07) is 3.87. The van der Waals surface area contributed by atoms with E-state index in [1.165, 1.54) is 0 Å². The van der Waals surface area contributed by atoms with E-state index in [9.17, 15) is 4.79 Å². The number of pyridine rings is 1. The topological polar surface area (TPSA) is 59.2 Å². The Kier molecular flexibility index (Phi) is 3.22. The van der Waals surface area contributed by atoms with Gasteiger partial charge < -0.3 is 10.6 Å². The molecule has 0 saturated carbocycles. The van der Waals surface area contributed by atoms with Crippen LogP contribution in [0.4, 0.5) is 11.5 Å². The number of aromatic nitrogens is 1. The van der Waals surface area contributed by atoms with Crippen molar-refractivity contribution in [3.8, 4) is 0 Å². The molecule has 0 aromatic carbocycles. The zero-order chi connectivity index (χ0) is 14.3. The minimum atomic E-state index is -0.194. The van der Waals surface area contributed by atoms with E-state index in [0.29, 0.717) is 12.4 Å². The number of hydrogen-bond acceptors (Lipinski definition) is 4. The number of aryl methyl sites for hydroxylation is 1. The number of nitrogens with two attached hydrogens (primary N) is 1. The standard InChI is InChI=1S/C15H17N3OS/c1-3-11-14-12(9(2)6-13(16)17-14)7-18(15(11)19)10-4-5-20-8-10/h4-6,8,11H,3,7H2,1-2H3,(H2,16,17). The molecule has 3 rings (SSSR count). The van der Waals surface area contributed by atoms with Crippen molar-refractivity contribution in [1.29, 1.82) is 0 Å². The molecule has 2 aromatic heterocycles. The molecule has 1 aliphatic heterocycles. The summed E-state index contributed by atoms with van der Waals surface area (Å²) in [5, 5.41) is 4.00. The summed E-state index contributed by atoms with van der Waals surface area (Å²) in [6.07, 6.45) is 0.738. The number of amides is 1. The van der Waals surface area contributed by atoms with E-state index in [2.05, 4.69) is 4.98 Å². The zero-order valence-corrected chi connectivity index (χ0v) is 12.4. The van der Waals surface area contributed by atoms with E-state index in [1.807, 2.05) is 41.6 Å². The molecule has 1 amide bonds. The van der Waals surface area contributed by atoms with Crippen LogP contribution in [0.15, 0.2) is 22.9 Å². The van der Waals surface area contributed by atoms with E-state index >= 15 is 0 Å². The molecular formula is C15H17N3OS. The third-order valence-electron chi connectivity index (χ3n) is 3.84. The van der Waals surface area contributed by atoms with Gasteiger partial charge in [0.2, 0.25) is 5.91 Å². The quantitative estimate of drug-likeness (QED) is 0.923. The highest BCUT2D eigenvalue weighted by Gasteiger charge is 2.35. The van der Waals surface area contributed by atoms with Gasteiger partial charge in [-0.1, -0.05) is 6.92 Å². The van der Waals surface area contributed by atoms with Crippen molar-refractivity contribution in [2.75, 3.05) is 10.6 Å². The summed E-state index contributed by atoms with van der Waals surface area (Å²) in [6.45, 7) is 4.63. The molecule has 2 N–H and O–H groups in total. The second-order valence-corrected chi connectivity index (χ2v) is 5.87. The van der Waals surface area contributed by atoms with Crippen molar-refractivity contribution in [3.05, 3.63) is 39.7 Å². The molecule has 1 unspecified atom stereocenters. The fourth-order valence-corrected chi connectivity index (χ4v) is 3.42. The highest BCUT2D eigenvalue weighted by atomic mass is 32.1. The lowest BCUT2D eigenvalue weighted by molar-refractivity contribution is -0.120. The number of nitrogens with zero attached hydrogens (tertiary/aromatic N) is 2. The summed E-state index contributed by atoms with van der Waals surface area (Å²) < 4.78 is 0. The molecule has 0 fully saturated rings. The van der Waals surface area contributed by atoms with Gasteiger partial charge in [0.1, 0.15) is 5.82 Å². The second-order valence-electron chi connectivity index (χ2n) is 5.09. The third kappa shape index (κ3) is 1.98. The molecule has 1 atom stereocenters. The van der Waals surface area contributed by atoms with Crippen molar-refractivity contribution in [2.24, 2.45) is 0 Å². The Hall–Kier alpha value is -1.88. The van der Waals surface area contributed by atoms with E-state index in [4.69, 9.17) is 5.73 Å². The Morgan fingerprint density at radius 1 is 1.55 bits per heavy atom. The average molecular weight is 287 g/mol. The Morgan fingerprint density at radius 2 is 2.35 bits per heavy atom. The number of nitrogen functional groups attached to an aromatic ring is 1. The van der Waals surface area contributed by atoms with Crippen LogP contribution in [-0.4, -0.2) is 10.9 Å². The maximum Gasteiger partial charge on any atom is 0.236 e. The maximum atomic E-state index is 12.7. The summed E-state index contributed by atoms with van der Waals surface area (Å²) in [4.78, 5) is 19.0. The number of rotatable bonds is 2. The summed E-state index contributed by atoms with van der Waals surface area (Å²) in [5.41, 5.74) is 9.92.